The molecule has 5 nitrogen and oxygen atoms in total. The molecular weight excluding hydrogens is 172 g/mol. The van der Waals surface area contributed by atoms with Crippen LogP contribution in [0.25, 0.3) is 0 Å². The molecule has 1 heterocycles. The number of carbonyl (C=O) groups is 1. The minimum Gasteiger partial charge on any atom is -0.462 e. The van der Waals surface area contributed by atoms with E-state index in [9.17, 15) is 4.79 Å². The van der Waals surface area contributed by atoms with Gasteiger partial charge in [-0.3, -0.25) is 0 Å². The van der Waals surface area contributed by atoms with Crippen molar-refractivity contribution < 1.29 is 14.1 Å². The average Bonchev–Trinajstić information content (AvgIpc) is 2.47. The van der Waals surface area contributed by atoms with Gasteiger partial charge < -0.3 is 15.0 Å². The number of ether oxygens (including phenoxy) is 1. The topological polar surface area (TPSA) is 78.3 Å². The van der Waals surface area contributed by atoms with E-state index >= 15 is 0 Å². The number of nitrogen functional groups attached to an aromatic ring is 1. The standard InChI is InChI=1S/C8H12N2O3/c1-3-5-6(7(9)13-10-5)8(11)12-4-2/h3-4,9H2,1-2H3. The van der Waals surface area contributed by atoms with E-state index in [4.69, 9.17) is 10.5 Å². The van der Waals surface area contributed by atoms with Gasteiger partial charge in [0, 0.05) is 0 Å². The maximum absolute atomic E-state index is 11.3. The quantitative estimate of drug-likeness (QED) is 0.709. The van der Waals surface area contributed by atoms with Crippen molar-refractivity contribution >= 4 is 11.9 Å². The van der Waals surface area contributed by atoms with Crippen LogP contribution in [0.15, 0.2) is 4.52 Å². The molecule has 0 fully saturated rings. The Hall–Kier alpha value is -1.52. The molecule has 0 atom stereocenters. The van der Waals surface area contributed by atoms with Crippen LogP contribution in [0, 0.1) is 0 Å². The first-order valence-electron chi connectivity index (χ1n) is 4.11. The second-order valence-electron chi connectivity index (χ2n) is 2.44. The Morgan fingerprint density at radius 1 is 1.62 bits per heavy atom. The van der Waals surface area contributed by atoms with E-state index in [2.05, 4.69) is 9.68 Å². The molecule has 13 heavy (non-hydrogen) atoms. The van der Waals surface area contributed by atoms with Crippen molar-refractivity contribution in [1.29, 1.82) is 0 Å². The summed E-state index contributed by atoms with van der Waals surface area (Å²) in [4.78, 5) is 11.3. The molecular formula is C8H12N2O3. The van der Waals surface area contributed by atoms with Crippen molar-refractivity contribution in [2.24, 2.45) is 0 Å². The molecule has 0 amide bonds. The fraction of sp³-hybridized carbons (Fsp3) is 0.500. The summed E-state index contributed by atoms with van der Waals surface area (Å²) in [5.74, 6) is -0.451. The van der Waals surface area contributed by atoms with Crippen LogP contribution in [0.4, 0.5) is 5.88 Å². The molecule has 0 radical (unpaired) electrons. The van der Waals surface area contributed by atoms with Gasteiger partial charge in [0.05, 0.1) is 6.61 Å². The molecule has 0 aromatic carbocycles. The molecule has 5 heteroatoms. The molecule has 1 aromatic heterocycles. The normalized spacial score (nSPS) is 10.0. The highest BCUT2D eigenvalue weighted by Crippen LogP contribution is 2.17. The molecule has 0 aliphatic rings. The lowest BCUT2D eigenvalue weighted by molar-refractivity contribution is 0.0526. The maximum atomic E-state index is 11.3. The SMILES string of the molecule is CCOC(=O)c1c(CC)noc1N. The minimum absolute atomic E-state index is 0.0234. The monoisotopic (exact) mass is 184 g/mol. The third-order valence-electron chi connectivity index (χ3n) is 1.60. The molecule has 72 valence electrons. The first-order chi connectivity index (χ1) is 6.20. The smallest absolute Gasteiger partial charge is 0.345 e. The summed E-state index contributed by atoms with van der Waals surface area (Å²) in [6, 6.07) is 0. The summed E-state index contributed by atoms with van der Waals surface area (Å²) in [6.45, 7) is 3.90. The first-order valence-corrected chi connectivity index (χ1v) is 4.11. The number of nitrogens with zero attached hydrogens (tertiary/aromatic N) is 1. The van der Waals surface area contributed by atoms with E-state index in [0.717, 1.165) is 0 Å². The van der Waals surface area contributed by atoms with Crippen LogP contribution in [0.5, 0.6) is 0 Å². The fourth-order valence-corrected chi connectivity index (χ4v) is 1.00. The van der Waals surface area contributed by atoms with Crippen LogP contribution < -0.4 is 5.73 Å². The number of anilines is 1. The Morgan fingerprint density at radius 2 is 2.31 bits per heavy atom. The lowest BCUT2D eigenvalue weighted by Gasteiger charge is -1.99. The van der Waals surface area contributed by atoms with Gasteiger partial charge in [-0.1, -0.05) is 12.1 Å². The third-order valence-corrected chi connectivity index (χ3v) is 1.60. The molecule has 0 saturated heterocycles. The zero-order chi connectivity index (χ0) is 9.84. The predicted octanol–water partition coefficient (Wildman–Crippen LogP) is 0.996. The van der Waals surface area contributed by atoms with Gasteiger partial charge in [0.15, 0.2) is 0 Å². The van der Waals surface area contributed by atoms with Gasteiger partial charge in [-0.15, -0.1) is 0 Å². The van der Waals surface area contributed by atoms with E-state index in [1.54, 1.807) is 6.92 Å². The summed E-state index contributed by atoms with van der Waals surface area (Å²) >= 11 is 0. The second-order valence-corrected chi connectivity index (χ2v) is 2.44. The van der Waals surface area contributed by atoms with Gasteiger partial charge in [0.1, 0.15) is 11.3 Å². The van der Waals surface area contributed by atoms with Crippen molar-refractivity contribution in [3.8, 4) is 0 Å². The molecule has 1 aromatic rings. The van der Waals surface area contributed by atoms with Crippen LogP contribution in [0.2, 0.25) is 0 Å². The van der Waals surface area contributed by atoms with Crippen molar-refractivity contribution in [2.75, 3.05) is 12.3 Å². The zero-order valence-electron chi connectivity index (χ0n) is 7.66. The van der Waals surface area contributed by atoms with Crippen molar-refractivity contribution in [2.45, 2.75) is 20.3 Å². The zero-order valence-corrected chi connectivity index (χ0v) is 7.66. The van der Waals surface area contributed by atoms with Gasteiger partial charge in [0.2, 0.25) is 5.88 Å². The highest BCUT2D eigenvalue weighted by molar-refractivity contribution is 5.94. The number of aryl methyl sites for hydroxylation is 1. The number of rotatable bonds is 3. The van der Waals surface area contributed by atoms with Crippen molar-refractivity contribution in [1.82, 2.24) is 5.16 Å². The summed E-state index contributed by atoms with van der Waals surface area (Å²) in [5, 5.41) is 3.64. The second kappa shape index (κ2) is 3.93. The Bertz CT molecular complexity index is 306. The minimum atomic E-state index is -0.474. The molecule has 0 aliphatic carbocycles. The van der Waals surface area contributed by atoms with Crippen LogP contribution in [0.1, 0.15) is 29.9 Å². The molecule has 0 aliphatic heterocycles. The molecule has 0 spiro atoms. The average molecular weight is 184 g/mol. The van der Waals surface area contributed by atoms with E-state index in [1.165, 1.54) is 0 Å². The summed E-state index contributed by atoms with van der Waals surface area (Å²) in [6.07, 6.45) is 0.592. The van der Waals surface area contributed by atoms with Crippen LogP contribution in [-0.2, 0) is 11.2 Å². The van der Waals surface area contributed by atoms with Gasteiger partial charge >= 0.3 is 5.97 Å². The lowest BCUT2D eigenvalue weighted by atomic mass is 10.2. The Balaban J connectivity index is 2.96. The summed E-state index contributed by atoms with van der Waals surface area (Å²) < 4.78 is 9.47. The number of hydrogen-bond donors (Lipinski definition) is 1. The number of carbonyl (C=O) groups excluding carboxylic acids is 1. The fourth-order valence-electron chi connectivity index (χ4n) is 1.00. The van der Waals surface area contributed by atoms with Crippen LogP contribution in [0.3, 0.4) is 0 Å². The Kier molecular flexibility index (Phi) is 2.89. The van der Waals surface area contributed by atoms with Gasteiger partial charge in [-0.05, 0) is 13.3 Å². The number of nitrogens with two attached hydrogens (primary N) is 1. The van der Waals surface area contributed by atoms with Crippen LogP contribution in [-0.4, -0.2) is 17.7 Å². The summed E-state index contributed by atoms with van der Waals surface area (Å²) in [7, 11) is 0. The molecule has 0 bridgehead atoms. The highest BCUT2D eigenvalue weighted by Gasteiger charge is 2.20. The third kappa shape index (κ3) is 1.80. The van der Waals surface area contributed by atoms with Gasteiger partial charge in [-0.2, -0.15) is 0 Å². The summed E-state index contributed by atoms with van der Waals surface area (Å²) in [5.41, 5.74) is 6.21. The molecule has 0 saturated carbocycles. The molecule has 2 N–H and O–H groups in total. The van der Waals surface area contributed by atoms with E-state index in [0.29, 0.717) is 18.7 Å². The van der Waals surface area contributed by atoms with Gasteiger partial charge in [0.25, 0.3) is 0 Å². The van der Waals surface area contributed by atoms with E-state index in [-0.39, 0.29) is 11.4 Å². The van der Waals surface area contributed by atoms with Crippen LogP contribution >= 0.6 is 0 Å². The number of esters is 1. The maximum Gasteiger partial charge on any atom is 0.345 e. The van der Waals surface area contributed by atoms with Crippen molar-refractivity contribution in [3.63, 3.8) is 0 Å². The van der Waals surface area contributed by atoms with E-state index < -0.39 is 5.97 Å². The van der Waals surface area contributed by atoms with E-state index in [1.807, 2.05) is 6.92 Å². The highest BCUT2D eigenvalue weighted by atomic mass is 16.5. The molecule has 0 unspecified atom stereocenters. The lowest BCUT2D eigenvalue weighted by Crippen LogP contribution is -2.08. The first kappa shape index (κ1) is 9.57. The number of aromatic nitrogens is 1. The van der Waals surface area contributed by atoms with Gasteiger partial charge in [-0.25, -0.2) is 4.79 Å². The molecule has 1 rings (SSSR count). The Morgan fingerprint density at radius 3 is 2.85 bits per heavy atom. The Labute approximate surface area is 75.8 Å². The number of hydrogen-bond acceptors (Lipinski definition) is 5. The largest absolute Gasteiger partial charge is 0.462 e. The van der Waals surface area contributed by atoms with Crippen molar-refractivity contribution in [3.05, 3.63) is 11.3 Å². The predicted molar refractivity (Wildman–Crippen MR) is 46.2 cm³/mol.